The van der Waals surface area contributed by atoms with E-state index in [0.29, 0.717) is 0 Å². The van der Waals surface area contributed by atoms with Crippen molar-refractivity contribution < 1.29 is 0 Å². The molecule has 0 aliphatic carbocycles. The molecule has 0 saturated carbocycles. The molecule has 102 valence electrons. The van der Waals surface area contributed by atoms with Gasteiger partial charge in [-0.2, -0.15) is 11.8 Å². The molecule has 0 fully saturated rings. The van der Waals surface area contributed by atoms with Crippen LogP contribution >= 0.6 is 11.8 Å². The van der Waals surface area contributed by atoms with E-state index in [1.54, 1.807) is 0 Å². The molecule has 1 heterocycles. The van der Waals surface area contributed by atoms with Gasteiger partial charge in [-0.3, -0.25) is 0 Å². The standard InChI is InChI=1S/C13H24N4S/c1-5-17(6-2)7-8-18-10-13-15-11(3)9-12(14-4)16-13/h9H,5-8,10H2,1-4H3,(H,14,15,16). The zero-order valence-corrected chi connectivity index (χ0v) is 12.7. The monoisotopic (exact) mass is 268 g/mol. The summed E-state index contributed by atoms with van der Waals surface area (Å²) in [5.41, 5.74) is 1.02. The fraction of sp³-hybridized carbons (Fsp3) is 0.692. The van der Waals surface area contributed by atoms with Gasteiger partial charge in [0, 0.05) is 31.1 Å². The highest BCUT2D eigenvalue weighted by molar-refractivity contribution is 7.98. The number of aromatic nitrogens is 2. The Morgan fingerprint density at radius 2 is 2.00 bits per heavy atom. The lowest BCUT2D eigenvalue weighted by Gasteiger charge is -2.17. The summed E-state index contributed by atoms with van der Waals surface area (Å²) in [7, 11) is 1.89. The van der Waals surface area contributed by atoms with Crippen LogP contribution in [0.1, 0.15) is 25.4 Å². The Morgan fingerprint density at radius 1 is 1.28 bits per heavy atom. The van der Waals surface area contributed by atoms with Crippen LogP contribution in [0.2, 0.25) is 0 Å². The van der Waals surface area contributed by atoms with Gasteiger partial charge in [-0.1, -0.05) is 13.8 Å². The molecule has 4 nitrogen and oxygen atoms in total. The molecule has 0 unspecified atom stereocenters. The van der Waals surface area contributed by atoms with E-state index < -0.39 is 0 Å². The second-order valence-corrected chi connectivity index (χ2v) is 5.25. The summed E-state index contributed by atoms with van der Waals surface area (Å²) in [4.78, 5) is 11.3. The molecule has 1 aromatic rings. The van der Waals surface area contributed by atoms with Gasteiger partial charge in [0.25, 0.3) is 0 Å². The van der Waals surface area contributed by atoms with Crippen molar-refractivity contribution in [3.05, 3.63) is 17.6 Å². The molecule has 0 bridgehead atoms. The van der Waals surface area contributed by atoms with Gasteiger partial charge in [-0.15, -0.1) is 0 Å². The first-order chi connectivity index (χ1) is 8.69. The first-order valence-corrected chi connectivity index (χ1v) is 7.67. The average molecular weight is 268 g/mol. The first-order valence-electron chi connectivity index (χ1n) is 6.52. The minimum Gasteiger partial charge on any atom is -0.373 e. The fourth-order valence-corrected chi connectivity index (χ4v) is 2.56. The van der Waals surface area contributed by atoms with Crippen LogP contribution in [0.15, 0.2) is 6.07 Å². The van der Waals surface area contributed by atoms with Crippen molar-refractivity contribution >= 4 is 17.6 Å². The van der Waals surface area contributed by atoms with Gasteiger partial charge in [0.1, 0.15) is 11.6 Å². The Kier molecular flexibility index (Phi) is 7.05. The number of hydrogen-bond acceptors (Lipinski definition) is 5. The lowest BCUT2D eigenvalue weighted by molar-refractivity contribution is 0.324. The molecule has 0 spiro atoms. The second kappa shape index (κ2) is 8.32. The van der Waals surface area contributed by atoms with Crippen LogP contribution in [-0.2, 0) is 5.75 Å². The number of thioether (sulfide) groups is 1. The summed E-state index contributed by atoms with van der Waals surface area (Å²) in [5, 5.41) is 3.07. The molecule has 18 heavy (non-hydrogen) atoms. The number of nitrogens with zero attached hydrogens (tertiary/aromatic N) is 3. The molecule has 1 N–H and O–H groups in total. The topological polar surface area (TPSA) is 41.1 Å². The van der Waals surface area contributed by atoms with E-state index >= 15 is 0 Å². The maximum atomic E-state index is 4.45. The Labute approximate surface area is 115 Å². The summed E-state index contributed by atoms with van der Waals surface area (Å²) >= 11 is 1.90. The SMILES string of the molecule is CCN(CC)CCSCc1nc(C)cc(NC)n1. The second-order valence-electron chi connectivity index (χ2n) is 4.14. The zero-order valence-electron chi connectivity index (χ0n) is 11.9. The Morgan fingerprint density at radius 3 is 2.61 bits per heavy atom. The van der Waals surface area contributed by atoms with Gasteiger partial charge in [-0.05, 0) is 20.0 Å². The smallest absolute Gasteiger partial charge is 0.140 e. The molecule has 0 aliphatic heterocycles. The average Bonchev–Trinajstić information content (AvgIpc) is 2.38. The number of anilines is 1. The lowest BCUT2D eigenvalue weighted by Crippen LogP contribution is -2.25. The van der Waals surface area contributed by atoms with Crippen molar-refractivity contribution in [2.24, 2.45) is 0 Å². The number of hydrogen-bond donors (Lipinski definition) is 1. The summed E-state index contributed by atoms with van der Waals surface area (Å²) in [5.74, 6) is 3.84. The Bertz CT molecular complexity index is 353. The van der Waals surface area contributed by atoms with Crippen molar-refractivity contribution in [2.45, 2.75) is 26.5 Å². The highest BCUT2D eigenvalue weighted by atomic mass is 32.2. The summed E-state index contributed by atoms with van der Waals surface area (Å²) in [6.07, 6.45) is 0. The van der Waals surface area contributed by atoms with Gasteiger partial charge >= 0.3 is 0 Å². The molecule has 0 saturated heterocycles. The third-order valence-electron chi connectivity index (χ3n) is 2.83. The fourth-order valence-electron chi connectivity index (χ4n) is 1.72. The predicted octanol–water partition coefficient (Wildman–Crippen LogP) is 2.40. The molecule has 0 aromatic carbocycles. The molecule has 1 rings (SSSR count). The van der Waals surface area contributed by atoms with Crippen molar-refractivity contribution in [1.29, 1.82) is 0 Å². The number of nitrogens with one attached hydrogen (secondary N) is 1. The van der Waals surface area contributed by atoms with E-state index in [1.807, 2.05) is 31.8 Å². The third-order valence-corrected chi connectivity index (χ3v) is 3.77. The predicted molar refractivity (Wildman–Crippen MR) is 80.3 cm³/mol. The van der Waals surface area contributed by atoms with Crippen LogP contribution in [0.25, 0.3) is 0 Å². The van der Waals surface area contributed by atoms with E-state index in [1.165, 1.54) is 0 Å². The molecule has 0 radical (unpaired) electrons. The van der Waals surface area contributed by atoms with E-state index in [0.717, 1.165) is 48.5 Å². The molecular formula is C13H24N4S. The van der Waals surface area contributed by atoms with E-state index in [9.17, 15) is 0 Å². The largest absolute Gasteiger partial charge is 0.373 e. The quantitative estimate of drug-likeness (QED) is 0.733. The number of aryl methyl sites for hydroxylation is 1. The maximum absolute atomic E-state index is 4.45. The van der Waals surface area contributed by atoms with Gasteiger partial charge in [0.05, 0.1) is 5.75 Å². The molecule has 5 heteroatoms. The highest BCUT2D eigenvalue weighted by Gasteiger charge is 2.03. The molecule has 0 amide bonds. The van der Waals surface area contributed by atoms with Crippen LogP contribution in [-0.4, -0.2) is 47.3 Å². The minimum atomic E-state index is 0.887. The molecule has 0 aliphatic rings. The van der Waals surface area contributed by atoms with Crippen LogP contribution < -0.4 is 5.32 Å². The Hall–Kier alpha value is -0.810. The molecule has 0 atom stereocenters. The number of rotatable bonds is 8. The normalized spacial score (nSPS) is 10.9. The van der Waals surface area contributed by atoms with Crippen LogP contribution in [0.4, 0.5) is 5.82 Å². The van der Waals surface area contributed by atoms with E-state index in [-0.39, 0.29) is 0 Å². The van der Waals surface area contributed by atoms with E-state index in [4.69, 9.17) is 0 Å². The first kappa shape index (κ1) is 15.2. The van der Waals surface area contributed by atoms with Crippen LogP contribution in [0, 0.1) is 6.92 Å². The van der Waals surface area contributed by atoms with Crippen LogP contribution in [0.5, 0.6) is 0 Å². The van der Waals surface area contributed by atoms with Gasteiger partial charge in [0.2, 0.25) is 0 Å². The van der Waals surface area contributed by atoms with Crippen LogP contribution in [0.3, 0.4) is 0 Å². The van der Waals surface area contributed by atoms with Crippen molar-refractivity contribution in [2.75, 3.05) is 37.8 Å². The Balaban J connectivity index is 2.37. The molecular weight excluding hydrogens is 244 g/mol. The molecule has 1 aromatic heterocycles. The van der Waals surface area contributed by atoms with Gasteiger partial charge in [0.15, 0.2) is 0 Å². The lowest BCUT2D eigenvalue weighted by atomic mass is 10.4. The summed E-state index contributed by atoms with van der Waals surface area (Å²) in [6, 6.07) is 1.96. The van der Waals surface area contributed by atoms with E-state index in [2.05, 4.69) is 34.0 Å². The maximum Gasteiger partial charge on any atom is 0.140 e. The summed E-state index contributed by atoms with van der Waals surface area (Å²) < 4.78 is 0. The van der Waals surface area contributed by atoms with Gasteiger partial charge in [-0.25, -0.2) is 9.97 Å². The van der Waals surface area contributed by atoms with Crippen molar-refractivity contribution in [1.82, 2.24) is 14.9 Å². The zero-order chi connectivity index (χ0) is 13.4. The van der Waals surface area contributed by atoms with Crippen molar-refractivity contribution in [3.63, 3.8) is 0 Å². The van der Waals surface area contributed by atoms with Crippen molar-refractivity contribution in [3.8, 4) is 0 Å². The highest BCUT2D eigenvalue weighted by Crippen LogP contribution is 2.12. The summed E-state index contributed by atoms with van der Waals surface area (Å²) in [6.45, 7) is 9.81. The third kappa shape index (κ3) is 5.23. The van der Waals surface area contributed by atoms with Gasteiger partial charge < -0.3 is 10.2 Å². The minimum absolute atomic E-state index is 0.887.